The zero-order valence-corrected chi connectivity index (χ0v) is 18.4. The molecule has 1 fully saturated rings. The molecule has 0 unspecified atom stereocenters. The van der Waals surface area contributed by atoms with Gasteiger partial charge in [0.1, 0.15) is 5.82 Å². The van der Waals surface area contributed by atoms with Gasteiger partial charge in [0, 0.05) is 36.8 Å². The zero-order chi connectivity index (χ0) is 22.0. The second kappa shape index (κ2) is 8.87. The molecule has 3 aromatic rings. The van der Waals surface area contributed by atoms with Crippen LogP contribution >= 0.6 is 22.9 Å². The van der Waals surface area contributed by atoms with Crippen LogP contribution in [0.15, 0.2) is 52.9 Å². The molecule has 1 saturated heterocycles. The van der Waals surface area contributed by atoms with Gasteiger partial charge in [-0.05, 0) is 36.4 Å². The molecule has 2 heterocycles. The highest BCUT2D eigenvalue weighted by Gasteiger charge is 2.32. The fourth-order valence-electron chi connectivity index (χ4n) is 3.12. The third-order valence-corrected chi connectivity index (χ3v) is 8.06. The number of nitrogens with one attached hydrogen (secondary N) is 1. The zero-order valence-electron chi connectivity index (χ0n) is 16.0. The van der Waals surface area contributed by atoms with Gasteiger partial charge >= 0.3 is 0 Å². The molecule has 1 N–H and O–H groups in total. The van der Waals surface area contributed by atoms with Crippen molar-refractivity contribution in [1.82, 2.24) is 14.5 Å². The number of amides is 1. The van der Waals surface area contributed by atoms with Crippen molar-refractivity contribution in [3.63, 3.8) is 0 Å². The summed E-state index contributed by atoms with van der Waals surface area (Å²) in [6.07, 6.45) is 0. The van der Waals surface area contributed by atoms with E-state index in [1.165, 1.54) is 10.4 Å². The quantitative estimate of drug-likeness (QED) is 0.563. The van der Waals surface area contributed by atoms with E-state index in [9.17, 15) is 17.6 Å². The van der Waals surface area contributed by atoms with Crippen LogP contribution < -0.4 is 10.2 Å². The van der Waals surface area contributed by atoms with Gasteiger partial charge in [0.15, 0.2) is 0 Å². The molecule has 1 amide bonds. The van der Waals surface area contributed by atoms with E-state index in [4.69, 9.17) is 11.6 Å². The molecule has 162 valence electrons. The monoisotopic (exact) mass is 481 g/mol. The van der Waals surface area contributed by atoms with Crippen molar-refractivity contribution in [3.05, 3.63) is 64.9 Å². The highest BCUT2D eigenvalue weighted by molar-refractivity contribution is 7.91. The number of halogens is 2. The van der Waals surface area contributed by atoms with Gasteiger partial charge in [0.25, 0.3) is 15.9 Å². The molecule has 2 aromatic carbocycles. The van der Waals surface area contributed by atoms with Gasteiger partial charge in [-0.25, -0.2) is 12.8 Å². The normalized spacial score (nSPS) is 15.1. The number of hydrogen-bond acceptors (Lipinski definition) is 7. The van der Waals surface area contributed by atoms with Crippen molar-refractivity contribution in [2.45, 2.75) is 4.34 Å². The Balaban J connectivity index is 1.42. The lowest BCUT2D eigenvalue weighted by molar-refractivity contribution is 0.102. The second-order valence-corrected chi connectivity index (χ2v) is 10.2. The summed E-state index contributed by atoms with van der Waals surface area (Å²) in [6.45, 7) is 1.06. The number of carbonyl (C=O) groups is 1. The summed E-state index contributed by atoms with van der Waals surface area (Å²) in [7, 11) is -3.87. The lowest BCUT2D eigenvalue weighted by atomic mass is 10.2. The maximum atomic E-state index is 14.0. The molecular formula is C19H17ClFN5O3S2. The van der Waals surface area contributed by atoms with Gasteiger partial charge in [0.05, 0.1) is 5.69 Å². The molecule has 1 aromatic heterocycles. The lowest BCUT2D eigenvalue weighted by Gasteiger charge is -2.34. The minimum Gasteiger partial charge on any atom is -0.367 e. The summed E-state index contributed by atoms with van der Waals surface area (Å²) in [5.74, 6) is -0.792. The molecule has 4 rings (SSSR count). The van der Waals surface area contributed by atoms with Crippen LogP contribution in [-0.4, -0.2) is 55.0 Å². The minimum absolute atomic E-state index is 0.0727. The van der Waals surface area contributed by atoms with Crippen molar-refractivity contribution in [2.75, 3.05) is 36.4 Å². The standard InChI is InChI=1S/C19H17ClFN5O3S2/c20-14-7-5-13(6-8-14)17(27)22-18-23-24-19(30-18)31(28,29)26-11-9-25(10-12-26)16-4-2-1-3-15(16)21/h1-8H,9-12H2,(H,22,23,27). The van der Waals surface area contributed by atoms with Gasteiger partial charge < -0.3 is 4.90 Å². The Morgan fingerprint density at radius 3 is 2.39 bits per heavy atom. The van der Waals surface area contributed by atoms with Crippen molar-refractivity contribution in [2.24, 2.45) is 0 Å². The van der Waals surface area contributed by atoms with Crippen molar-refractivity contribution < 1.29 is 17.6 Å². The van der Waals surface area contributed by atoms with Crippen molar-refractivity contribution in [1.29, 1.82) is 0 Å². The fraction of sp³-hybridized carbons (Fsp3) is 0.211. The number of benzene rings is 2. The van der Waals surface area contributed by atoms with Crippen LogP contribution in [0.25, 0.3) is 0 Å². The minimum atomic E-state index is -3.87. The van der Waals surface area contributed by atoms with Crippen LogP contribution in [0.4, 0.5) is 15.2 Å². The molecule has 31 heavy (non-hydrogen) atoms. The van der Waals surface area contributed by atoms with Crippen LogP contribution in [0.5, 0.6) is 0 Å². The average Bonchev–Trinajstić information content (AvgIpc) is 3.24. The number of carbonyl (C=O) groups excluding carboxylic acids is 1. The first-order valence-corrected chi connectivity index (χ1v) is 11.9. The van der Waals surface area contributed by atoms with Gasteiger partial charge in [-0.1, -0.05) is 35.1 Å². The molecule has 0 spiro atoms. The van der Waals surface area contributed by atoms with E-state index in [2.05, 4.69) is 15.5 Å². The topological polar surface area (TPSA) is 95.5 Å². The van der Waals surface area contributed by atoms with E-state index < -0.39 is 15.9 Å². The molecule has 0 bridgehead atoms. The van der Waals surface area contributed by atoms with E-state index in [-0.39, 0.29) is 28.4 Å². The molecule has 8 nitrogen and oxygen atoms in total. The molecule has 0 atom stereocenters. The number of sulfonamides is 1. The summed E-state index contributed by atoms with van der Waals surface area (Å²) in [5.41, 5.74) is 0.802. The number of aromatic nitrogens is 2. The van der Waals surface area contributed by atoms with Gasteiger partial charge in [-0.15, -0.1) is 10.2 Å². The predicted molar refractivity (Wildman–Crippen MR) is 117 cm³/mol. The van der Waals surface area contributed by atoms with Crippen molar-refractivity contribution in [3.8, 4) is 0 Å². The fourth-order valence-corrected chi connectivity index (χ4v) is 5.70. The third-order valence-electron chi connectivity index (χ3n) is 4.73. The summed E-state index contributed by atoms with van der Waals surface area (Å²) in [5, 5.41) is 10.6. The summed E-state index contributed by atoms with van der Waals surface area (Å²) >= 11 is 6.59. The van der Waals surface area contributed by atoms with Crippen LogP contribution in [0.1, 0.15) is 10.4 Å². The maximum absolute atomic E-state index is 14.0. The summed E-state index contributed by atoms with van der Waals surface area (Å²) < 4.78 is 40.9. The van der Waals surface area contributed by atoms with E-state index >= 15 is 0 Å². The number of piperazine rings is 1. The van der Waals surface area contributed by atoms with Gasteiger partial charge in [-0.2, -0.15) is 4.31 Å². The highest BCUT2D eigenvalue weighted by atomic mass is 35.5. The predicted octanol–water partition coefficient (Wildman–Crippen LogP) is 3.09. The Bertz CT molecular complexity index is 1200. The van der Waals surface area contributed by atoms with E-state index in [0.29, 0.717) is 29.4 Å². The molecule has 0 aliphatic carbocycles. The first kappa shape index (κ1) is 21.6. The number of anilines is 2. The van der Waals surface area contributed by atoms with Gasteiger partial charge in [-0.3, -0.25) is 10.1 Å². The number of nitrogens with zero attached hydrogens (tertiary/aromatic N) is 4. The molecule has 12 heteroatoms. The Morgan fingerprint density at radius 1 is 1.03 bits per heavy atom. The lowest BCUT2D eigenvalue weighted by Crippen LogP contribution is -2.48. The first-order chi connectivity index (χ1) is 14.8. The largest absolute Gasteiger partial charge is 0.367 e. The Hall–Kier alpha value is -2.60. The number of hydrogen-bond donors (Lipinski definition) is 1. The summed E-state index contributed by atoms with van der Waals surface area (Å²) in [6, 6.07) is 12.6. The van der Waals surface area contributed by atoms with Crippen LogP contribution in [0.3, 0.4) is 0 Å². The number of rotatable bonds is 5. The van der Waals surface area contributed by atoms with E-state index in [1.54, 1.807) is 47.4 Å². The third kappa shape index (κ3) is 4.69. The Kier molecular flexibility index (Phi) is 6.19. The Morgan fingerprint density at radius 2 is 1.71 bits per heavy atom. The SMILES string of the molecule is O=C(Nc1nnc(S(=O)(=O)N2CCN(c3ccccc3F)CC2)s1)c1ccc(Cl)cc1. The smallest absolute Gasteiger partial charge is 0.272 e. The van der Waals surface area contributed by atoms with E-state index in [1.807, 2.05) is 0 Å². The summed E-state index contributed by atoms with van der Waals surface area (Å²) in [4.78, 5) is 14.1. The molecule has 0 radical (unpaired) electrons. The van der Waals surface area contributed by atoms with Gasteiger partial charge in [0.2, 0.25) is 9.47 Å². The van der Waals surface area contributed by atoms with E-state index in [0.717, 1.165) is 11.3 Å². The molecule has 0 saturated carbocycles. The van der Waals surface area contributed by atoms with Crippen LogP contribution in [0, 0.1) is 5.82 Å². The van der Waals surface area contributed by atoms with Crippen LogP contribution in [0.2, 0.25) is 5.02 Å². The molecule has 1 aliphatic heterocycles. The van der Waals surface area contributed by atoms with Crippen LogP contribution in [-0.2, 0) is 10.0 Å². The number of para-hydroxylation sites is 1. The second-order valence-electron chi connectivity index (χ2n) is 6.68. The molecular weight excluding hydrogens is 465 g/mol. The first-order valence-electron chi connectivity index (χ1n) is 9.24. The maximum Gasteiger partial charge on any atom is 0.272 e. The molecule has 1 aliphatic rings. The average molecular weight is 482 g/mol. The Labute approximate surface area is 187 Å². The van der Waals surface area contributed by atoms with Crippen molar-refractivity contribution >= 4 is 49.7 Å². The highest BCUT2D eigenvalue weighted by Crippen LogP contribution is 2.26.